The lowest BCUT2D eigenvalue weighted by Crippen LogP contribution is -2.50. The van der Waals surface area contributed by atoms with Crippen LogP contribution in [0.3, 0.4) is 0 Å². The minimum Gasteiger partial charge on any atom is -0.346 e. The molecule has 7 rings (SSSR count). The molecule has 0 fully saturated rings. The molecule has 0 bridgehead atoms. The third-order valence-corrected chi connectivity index (χ3v) is 10.8. The van der Waals surface area contributed by atoms with Crippen molar-refractivity contribution in [3.05, 3.63) is 143 Å². The second kappa shape index (κ2) is 14.5. The fourth-order valence-corrected chi connectivity index (χ4v) is 8.25. The zero-order valence-corrected chi connectivity index (χ0v) is 30.1. The van der Waals surface area contributed by atoms with E-state index in [0.717, 1.165) is 34.3 Å². The predicted molar refractivity (Wildman–Crippen MR) is 200 cm³/mol. The van der Waals surface area contributed by atoms with Crippen molar-refractivity contribution in [1.29, 1.82) is 0 Å². The molecule has 6 nitrogen and oxygen atoms in total. The Morgan fingerprint density at radius 3 is 2.29 bits per heavy atom. The molecule has 284 valence electrons. The van der Waals surface area contributed by atoms with Crippen molar-refractivity contribution < 1.29 is 35.9 Å². The number of fused-ring (bicyclic) bond motifs is 4. The summed E-state index contributed by atoms with van der Waals surface area (Å²) in [6.07, 6.45) is 0.124. The smallest absolute Gasteiger partial charge is 0.346 e. The second-order valence-electron chi connectivity index (χ2n) is 14.1. The normalized spacial score (nSPS) is 19.0. The molecule has 1 aromatic heterocycles. The van der Waals surface area contributed by atoms with Gasteiger partial charge in [-0.3, -0.25) is 9.59 Å². The summed E-state index contributed by atoms with van der Waals surface area (Å²) in [6.45, 7) is 2.78. The number of nitrogens with zero attached hydrogens (tertiary/aromatic N) is 2. The number of halogens is 6. The lowest BCUT2D eigenvalue weighted by molar-refractivity contribution is -0.143. The van der Waals surface area contributed by atoms with Gasteiger partial charge in [-0.25, -0.2) is 4.98 Å². The highest BCUT2D eigenvalue weighted by Gasteiger charge is 2.55. The van der Waals surface area contributed by atoms with Gasteiger partial charge in [0, 0.05) is 23.9 Å². The number of hydrogen-bond acceptors (Lipinski definition) is 3. The molecule has 1 heterocycles. The van der Waals surface area contributed by atoms with E-state index in [1.807, 2.05) is 79.1 Å². The maximum atomic E-state index is 13.9. The molecule has 2 aliphatic rings. The van der Waals surface area contributed by atoms with Crippen LogP contribution in [0.2, 0.25) is 0 Å². The van der Waals surface area contributed by atoms with Crippen molar-refractivity contribution in [3.63, 3.8) is 0 Å². The number of alkyl halides is 6. The van der Waals surface area contributed by atoms with Crippen LogP contribution in [0.15, 0.2) is 109 Å². The first kappa shape index (κ1) is 37.7. The highest BCUT2D eigenvalue weighted by molar-refractivity contribution is 6.12. The molecule has 12 heteroatoms. The third-order valence-electron chi connectivity index (χ3n) is 10.8. The Bertz CT molecular complexity index is 2320. The quantitative estimate of drug-likeness (QED) is 0.110. The van der Waals surface area contributed by atoms with Crippen LogP contribution < -0.4 is 10.6 Å². The molecule has 5 aromatic rings. The number of nitrogens with one attached hydrogen (secondary N) is 2. The summed E-state index contributed by atoms with van der Waals surface area (Å²) in [5.41, 5.74) is 3.51. The maximum Gasteiger partial charge on any atom is 0.416 e. The molecule has 3 unspecified atom stereocenters. The van der Waals surface area contributed by atoms with Crippen LogP contribution in [0.25, 0.3) is 22.2 Å². The zero-order chi connectivity index (χ0) is 39.1. The Morgan fingerprint density at radius 2 is 1.55 bits per heavy atom. The van der Waals surface area contributed by atoms with Crippen LogP contribution in [0.5, 0.6) is 0 Å². The van der Waals surface area contributed by atoms with Gasteiger partial charge in [0.15, 0.2) is 0 Å². The second-order valence-corrected chi connectivity index (χ2v) is 14.1. The number of imidazole rings is 1. The number of carbonyl (C=O) groups is 2. The first-order chi connectivity index (χ1) is 26.2. The van der Waals surface area contributed by atoms with Gasteiger partial charge in [-0.1, -0.05) is 91.4 Å². The molecule has 0 spiro atoms. The van der Waals surface area contributed by atoms with Gasteiger partial charge >= 0.3 is 12.4 Å². The van der Waals surface area contributed by atoms with Crippen LogP contribution in [0, 0.1) is 19.8 Å². The average Bonchev–Trinajstić information content (AvgIpc) is 3.64. The maximum absolute atomic E-state index is 13.9. The van der Waals surface area contributed by atoms with Gasteiger partial charge in [-0.2, -0.15) is 26.3 Å². The van der Waals surface area contributed by atoms with Crippen LogP contribution in [0.1, 0.15) is 63.6 Å². The van der Waals surface area contributed by atoms with Crippen molar-refractivity contribution in [1.82, 2.24) is 14.9 Å². The topological polar surface area (TPSA) is 76.0 Å². The van der Waals surface area contributed by atoms with Gasteiger partial charge in [0.1, 0.15) is 17.9 Å². The van der Waals surface area contributed by atoms with Crippen LogP contribution in [-0.2, 0) is 22.9 Å². The third kappa shape index (κ3) is 7.17. The Balaban J connectivity index is 1.12. The van der Waals surface area contributed by atoms with Gasteiger partial charge in [0.05, 0.1) is 22.2 Å². The van der Waals surface area contributed by atoms with E-state index in [2.05, 4.69) is 10.6 Å². The van der Waals surface area contributed by atoms with Crippen LogP contribution in [-0.4, -0.2) is 34.1 Å². The first-order valence-electron chi connectivity index (χ1n) is 18.0. The van der Waals surface area contributed by atoms with E-state index in [1.54, 1.807) is 24.3 Å². The largest absolute Gasteiger partial charge is 0.416 e. The molecule has 2 amide bonds. The summed E-state index contributed by atoms with van der Waals surface area (Å²) in [7, 11) is 0. The van der Waals surface area contributed by atoms with E-state index in [9.17, 15) is 35.9 Å². The highest BCUT2D eigenvalue weighted by Crippen LogP contribution is 2.55. The SMILES string of the molecule is Cc1ccc2c(nc(C)n2CCCCC2(C(=O)NCC(F)(F)F)c3ccccc3C3C=CC=CC32)c1NC(=O)c1ccccc1-c1ccc(C(F)(F)F)cc1. The molecular weight excluding hydrogens is 718 g/mol. The summed E-state index contributed by atoms with van der Waals surface area (Å²) in [4.78, 5) is 32.6. The Labute approximate surface area is 314 Å². The summed E-state index contributed by atoms with van der Waals surface area (Å²) < 4.78 is 81.6. The van der Waals surface area contributed by atoms with E-state index in [-0.39, 0.29) is 17.4 Å². The van der Waals surface area contributed by atoms with Crippen molar-refractivity contribution >= 4 is 28.5 Å². The number of carbonyl (C=O) groups excluding carboxylic acids is 2. The summed E-state index contributed by atoms with van der Waals surface area (Å²) in [6, 6.07) is 22.6. The predicted octanol–water partition coefficient (Wildman–Crippen LogP) is 10.2. The number of benzene rings is 4. The number of aromatic nitrogens is 2. The van der Waals surface area contributed by atoms with Gasteiger partial charge in [0.2, 0.25) is 5.91 Å². The summed E-state index contributed by atoms with van der Waals surface area (Å²) in [5, 5.41) is 5.22. The minimum absolute atomic E-state index is 0.128. The average molecular weight is 757 g/mol. The minimum atomic E-state index is -4.55. The Hall–Kier alpha value is -5.65. The van der Waals surface area contributed by atoms with Gasteiger partial charge < -0.3 is 15.2 Å². The van der Waals surface area contributed by atoms with Crippen LogP contribution in [0.4, 0.5) is 32.0 Å². The van der Waals surface area contributed by atoms with Crippen molar-refractivity contribution in [2.75, 3.05) is 11.9 Å². The molecule has 2 N–H and O–H groups in total. The van der Waals surface area contributed by atoms with E-state index in [4.69, 9.17) is 4.98 Å². The molecule has 4 aromatic carbocycles. The zero-order valence-electron chi connectivity index (χ0n) is 30.1. The van der Waals surface area contributed by atoms with Gasteiger partial charge in [-0.15, -0.1) is 0 Å². The van der Waals surface area contributed by atoms with E-state index in [0.29, 0.717) is 54.0 Å². The van der Waals surface area contributed by atoms with E-state index < -0.39 is 41.7 Å². The lowest BCUT2D eigenvalue weighted by atomic mass is 9.67. The molecule has 0 saturated carbocycles. The number of anilines is 1. The summed E-state index contributed by atoms with van der Waals surface area (Å²) in [5.74, 6) is -0.863. The highest BCUT2D eigenvalue weighted by atomic mass is 19.4. The molecule has 55 heavy (non-hydrogen) atoms. The molecule has 3 atom stereocenters. The molecule has 0 aliphatic heterocycles. The molecule has 2 aliphatic carbocycles. The fraction of sp³-hybridized carbons (Fsp3) is 0.279. The lowest BCUT2D eigenvalue weighted by Gasteiger charge is -2.36. The molecule has 0 saturated heterocycles. The first-order valence-corrected chi connectivity index (χ1v) is 18.0. The number of hydrogen-bond donors (Lipinski definition) is 2. The number of unbranched alkanes of at least 4 members (excludes halogenated alkanes) is 1. The number of allylic oxidation sites excluding steroid dienone is 4. The van der Waals surface area contributed by atoms with Crippen molar-refractivity contribution in [3.8, 4) is 11.1 Å². The number of rotatable bonds is 10. The van der Waals surface area contributed by atoms with Crippen LogP contribution >= 0.6 is 0 Å². The van der Waals surface area contributed by atoms with Crippen molar-refractivity contribution in [2.24, 2.45) is 5.92 Å². The summed E-state index contributed by atoms with van der Waals surface area (Å²) >= 11 is 0. The standard InChI is InChI=1S/C43H38F6N4O2/c1-26-17-22-36-38(37(26)52-39(54)33-14-4-3-11-30(33)28-18-20-29(21-19-28)43(47,48)49)51-27(2)53(36)24-10-9-23-41(40(55)50-25-42(44,45)46)34-15-7-5-12-31(34)32-13-6-8-16-35(32)41/h3-8,11-22,31,34H,9-10,23-25H2,1-2H3,(H,50,55)(H,52,54). The van der Waals surface area contributed by atoms with E-state index in [1.165, 1.54) is 12.1 Å². The van der Waals surface area contributed by atoms with Gasteiger partial charge in [0.25, 0.3) is 5.91 Å². The fourth-order valence-electron chi connectivity index (χ4n) is 8.25. The Kier molecular flexibility index (Phi) is 9.95. The van der Waals surface area contributed by atoms with E-state index >= 15 is 0 Å². The molecule has 0 radical (unpaired) electrons. The monoisotopic (exact) mass is 756 g/mol. The number of amides is 2. The van der Waals surface area contributed by atoms with Gasteiger partial charge in [-0.05, 0) is 78.8 Å². The van der Waals surface area contributed by atoms with Crippen molar-refractivity contribution in [2.45, 2.75) is 63.3 Å². The number of aryl methyl sites for hydroxylation is 3. The Morgan fingerprint density at radius 1 is 0.836 bits per heavy atom. The molecular formula is C43H38F6N4O2.